The average Bonchev–Trinajstić information content (AvgIpc) is 2.30. The molecule has 0 radical (unpaired) electrons. The fourth-order valence-corrected chi connectivity index (χ4v) is 2.42. The summed E-state index contributed by atoms with van der Waals surface area (Å²) in [5.41, 5.74) is 0.625. The topological polar surface area (TPSA) is 26.3 Å². The van der Waals surface area contributed by atoms with Crippen molar-refractivity contribution in [2.75, 3.05) is 0 Å². The summed E-state index contributed by atoms with van der Waals surface area (Å²) in [6.45, 7) is 0. The Balaban J connectivity index is 1.97. The first-order valence-corrected chi connectivity index (χ1v) is 6.51. The molecule has 1 aromatic rings. The van der Waals surface area contributed by atoms with Crippen LogP contribution in [0.1, 0.15) is 42.5 Å². The van der Waals surface area contributed by atoms with Gasteiger partial charge < -0.3 is 4.74 Å². The van der Waals surface area contributed by atoms with Crippen LogP contribution in [0.3, 0.4) is 0 Å². The summed E-state index contributed by atoms with van der Waals surface area (Å²) < 4.78 is 6.38. The first kappa shape index (κ1) is 11.6. The van der Waals surface area contributed by atoms with Gasteiger partial charge >= 0.3 is 5.97 Å². The molecule has 2 rings (SSSR count). The van der Waals surface area contributed by atoms with E-state index >= 15 is 0 Å². The summed E-state index contributed by atoms with van der Waals surface area (Å²) in [6.07, 6.45) is 5.78. The summed E-state index contributed by atoms with van der Waals surface area (Å²) in [5, 5.41) is 0. The Morgan fingerprint density at radius 2 is 2.00 bits per heavy atom. The van der Waals surface area contributed by atoms with E-state index in [1.54, 1.807) is 12.1 Å². The SMILES string of the molecule is O=C(OC1CCCCC1)c1cccc(Br)c1. The van der Waals surface area contributed by atoms with Crippen molar-refractivity contribution in [2.24, 2.45) is 0 Å². The second kappa shape index (κ2) is 5.48. The molecule has 1 fully saturated rings. The smallest absolute Gasteiger partial charge is 0.338 e. The summed E-state index contributed by atoms with van der Waals surface area (Å²) in [6, 6.07) is 7.33. The lowest BCUT2D eigenvalue weighted by molar-refractivity contribution is 0.0211. The van der Waals surface area contributed by atoms with Crippen LogP contribution < -0.4 is 0 Å². The van der Waals surface area contributed by atoms with Crippen molar-refractivity contribution in [3.8, 4) is 0 Å². The van der Waals surface area contributed by atoms with E-state index in [4.69, 9.17) is 4.74 Å². The molecular formula is C13H15BrO2. The Labute approximate surface area is 104 Å². The Kier molecular flexibility index (Phi) is 3.99. The molecular weight excluding hydrogens is 268 g/mol. The van der Waals surface area contributed by atoms with Crippen LogP contribution in [0, 0.1) is 0 Å². The second-order valence-corrected chi connectivity index (χ2v) is 5.09. The van der Waals surface area contributed by atoms with Crippen LogP contribution in [0.25, 0.3) is 0 Å². The first-order chi connectivity index (χ1) is 7.75. The predicted molar refractivity (Wildman–Crippen MR) is 66.4 cm³/mol. The van der Waals surface area contributed by atoms with Crippen LogP contribution in [0.15, 0.2) is 28.7 Å². The molecule has 0 unspecified atom stereocenters. The lowest BCUT2D eigenvalue weighted by Crippen LogP contribution is -2.20. The minimum atomic E-state index is -0.201. The maximum atomic E-state index is 11.8. The Morgan fingerprint density at radius 1 is 1.25 bits per heavy atom. The van der Waals surface area contributed by atoms with Gasteiger partial charge in [0.05, 0.1) is 5.56 Å². The molecule has 0 saturated heterocycles. The number of benzene rings is 1. The molecule has 0 N–H and O–H groups in total. The third kappa shape index (κ3) is 3.08. The van der Waals surface area contributed by atoms with Crippen LogP contribution in [0.2, 0.25) is 0 Å². The van der Waals surface area contributed by atoms with Crippen molar-refractivity contribution in [3.05, 3.63) is 34.3 Å². The molecule has 1 aliphatic carbocycles. The molecule has 0 heterocycles. The van der Waals surface area contributed by atoms with Gasteiger partial charge in [-0.1, -0.05) is 28.4 Å². The lowest BCUT2D eigenvalue weighted by Gasteiger charge is -2.21. The molecule has 0 spiro atoms. The zero-order chi connectivity index (χ0) is 11.4. The van der Waals surface area contributed by atoms with Crippen LogP contribution >= 0.6 is 15.9 Å². The highest BCUT2D eigenvalue weighted by Gasteiger charge is 2.18. The number of ether oxygens (including phenoxy) is 1. The largest absolute Gasteiger partial charge is 0.459 e. The third-order valence-corrected chi connectivity index (χ3v) is 3.38. The number of rotatable bonds is 2. The van der Waals surface area contributed by atoms with Gasteiger partial charge in [0.2, 0.25) is 0 Å². The summed E-state index contributed by atoms with van der Waals surface area (Å²) in [4.78, 5) is 11.8. The fraction of sp³-hybridized carbons (Fsp3) is 0.462. The van der Waals surface area contributed by atoms with Crippen molar-refractivity contribution < 1.29 is 9.53 Å². The van der Waals surface area contributed by atoms with Crippen LogP contribution in [-0.4, -0.2) is 12.1 Å². The van der Waals surface area contributed by atoms with Crippen molar-refractivity contribution in [3.63, 3.8) is 0 Å². The number of hydrogen-bond acceptors (Lipinski definition) is 2. The van der Waals surface area contributed by atoms with E-state index in [-0.39, 0.29) is 12.1 Å². The van der Waals surface area contributed by atoms with Gasteiger partial charge in [-0.3, -0.25) is 0 Å². The monoisotopic (exact) mass is 282 g/mol. The molecule has 86 valence electrons. The van der Waals surface area contributed by atoms with E-state index in [9.17, 15) is 4.79 Å². The van der Waals surface area contributed by atoms with Gasteiger partial charge in [-0.05, 0) is 43.9 Å². The third-order valence-electron chi connectivity index (χ3n) is 2.89. The number of esters is 1. The molecule has 0 atom stereocenters. The number of carbonyl (C=O) groups excluding carboxylic acids is 1. The van der Waals surface area contributed by atoms with Crippen LogP contribution in [-0.2, 0) is 4.74 Å². The zero-order valence-electron chi connectivity index (χ0n) is 9.12. The average molecular weight is 283 g/mol. The highest BCUT2D eigenvalue weighted by molar-refractivity contribution is 9.10. The maximum absolute atomic E-state index is 11.8. The molecule has 2 nitrogen and oxygen atoms in total. The molecule has 3 heteroatoms. The van der Waals surface area contributed by atoms with Gasteiger partial charge in [0.15, 0.2) is 0 Å². The zero-order valence-corrected chi connectivity index (χ0v) is 10.7. The van der Waals surface area contributed by atoms with E-state index in [1.807, 2.05) is 12.1 Å². The molecule has 1 aliphatic rings. The number of carbonyl (C=O) groups is 1. The highest BCUT2D eigenvalue weighted by atomic mass is 79.9. The van der Waals surface area contributed by atoms with E-state index in [0.717, 1.165) is 17.3 Å². The molecule has 16 heavy (non-hydrogen) atoms. The van der Waals surface area contributed by atoms with E-state index in [1.165, 1.54) is 19.3 Å². The van der Waals surface area contributed by atoms with Gasteiger partial charge in [0.1, 0.15) is 6.10 Å². The standard InChI is InChI=1S/C13H15BrO2/c14-11-6-4-5-10(9-11)13(15)16-12-7-2-1-3-8-12/h4-6,9,12H,1-3,7-8H2. The fourth-order valence-electron chi connectivity index (χ4n) is 2.02. The normalized spacial score (nSPS) is 17.1. The second-order valence-electron chi connectivity index (χ2n) is 4.18. The van der Waals surface area contributed by atoms with Crippen LogP contribution in [0.4, 0.5) is 0 Å². The quantitative estimate of drug-likeness (QED) is 0.768. The van der Waals surface area contributed by atoms with E-state index < -0.39 is 0 Å². The van der Waals surface area contributed by atoms with Gasteiger partial charge in [-0.2, -0.15) is 0 Å². The van der Waals surface area contributed by atoms with E-state index in [0.29, 0.717) is 5.56 Å². The minimum Gasteiger partial charge on any atom is -0.459 e. The van der Waals surface area contributed by atoms with Gasteiger partial charge in [0.25, 0.3) is 0 Å². The number of halogens is 1. The highest BCUT2D eigenvalue weighted by Crippen LogP contribution is 2.22. The van der Waals surface area contributed by atoms with Crippen molar-refractivity contribution in [1.29, 1.82) is 0 Å². The van der Waals surface area contributed by atoms with Gasteiger partial charge in [-0.15, -0.1) is 0 Å². The summed E-state index contributed by atoms with van der Waals surface area (Å²) in [7, 11) is 0. The summed E-state index contributed by atoms with van der Waals surface area (Å²) >= 11 is 3.35. The Hall–Kier alpha value is -0.830. The van der Waals surface area contributed by atoms with Crippen molar-refractivity contribution in [1.82, 2.24) is 0 Å². The van der Waals surface area contributed by atoms with Gasteiger partial charge in [0, 0.05) is 4.47 Å². The van der Waals surface area contributed by atoms with Crippen molar-refractivity contribution in [2.45, 2.75) is 38.2 Å². The molecule has 0 aliphatic heterocycles. The van der Waals surface area contributed by atoms with E-state index in [2.05, 4.69) is 15.9 Å². The minimum absolute atomic E-state index is 0.125. The molecule has 0 aromatic heterocycles. The number of hydrogen-bond donors (Lipinski definition) is 0. The molecule has 1 aromatic carbocycles. The first-order valence-electron chi connectivity index (χ1n) is 5.72. The predicted octanol–water partition coefficient (Wildman–Crippen LogP) is 3.94. The Morgan fingerprint density at radius 3 is 2.69 bits per heavy atom. The molecule has 0 bridgehead atoms. The van der Waals surface area contributed by atoms with Crippen molar-refractivity contribution >= 4 is 21.9 Å². The maximum Gasteiger partial charge on any atom is 0.338 e. The van der Waals surface area contributed by atoms with Crippen LogP contribution in [0.5, 0.6) is 0 Å². The summed E-state index contributed by atoms with van der Waals surface area (Å²) in [5.74, 6) is -0.201. The lowest BCUT2D eigenvalue weighted by atomic mass is 9.98. The molecule has 0 amide bonds. The van der Waals surface area contributed by atoms with Gasteiger partial charge in [-0.25, -0.2) is 4.79 Å². The Bertz CT molecular complexity index is 370. The molecule has 1 saturated carbocycles.